The van der Waals surface area contributed by atoms with Crippen molar-refractivity contribution < 1.29 is 4.74 Å². The summed E-state index contributed by atoms with van der Waals surface area (Å²) in [6, 6.07) is 14.1. The Morgan fingerprint density at radius 2 is 1.92 bits per heavy atom. The van der Waals surface area contributed by atoms with Crippen LogP contribution in [0.1, 0.15) is 22.9 Å². The summed E-state index contributed by atoms with van der Waals surface area (Å²) in [6.07, 6.45) is 1.78. The normalized spacial score (nSPS) is 14.3. The van der Waals surface area contributed by atoms with Crippen LogP contribution in [0.15, 0.2) is 48.7 Å². The summed E-state index contributed by atoms with van der Waals surface area (Å²) in [6.45, 7) is 6.23. The lowest BCUT2D eigenvalue weighted by atomic mass is 10.2. The Morgan fingerprint density at radius 1 is 1.04 bits per heavy atom. The highest BCUT2D eigenvalue weighted by atomic mass is 16.5. The van der Waals surface area contributed by atoms with Crippen molar-refractivity contribution in [3.05, 3.63) is 71.6 Å². The van der Waals surface area contributed by atoms with E-state index in [-0.39, 0.29) is 0 Å². The number of nitrogens with zero attached hydrogens (tertiary/aromatic N) is 5. The van der Waals surface area contributed by atoms with Crippen molar-refractivity contribution in [2.45, 2.75) is 33.2 Å². The van der Waals surface area contributed by atoms with Crippen molar-refractivity contribution in [3.8, 4) is 5.75 Å². The van der Waals surface area contributed by atoms with E-state index in [9.17, 15) is 0 Å². The Morgan fingerprint density at radius 3 is 2.72 bits per heavy atom. The van der Waals surface area contributed by atoms with Gasteiger partial charge in [0.1, 0.15) is 24.0 Å². The van der Waals surface area contributed by atoms with Crippen LogP contribution in [0, 0.1) is 6.92 Å². The number of rotatable bonds is 5. The van der Waals surface area contributed by atoms with Crippen molar-refractivity contribution >= 4 is 0 Å². The quantitative estimate of drug-likeness (QED) is 0.717. The fraction of sp³-hybridized carbons (Fsp3) is 0.316. The van der Waals surface area contributed by atoms with Crippen molar-refractivity contribution in [1.29, 1.82) is 0 Å². The number of hydrogen-bond acceptors (Lipinski definition) is 5. The second-order valence-corrected chi connectivity index (χ2v) is 6.28. The van der Waals surface area contributed by atoms with Crippen LogP contribution in [0.4, 0.5) is 0 Å². The van der Waals surface area contributed by atoms with Crippen molar-refractivity contribution in [2.24, 2.45) is 0 Å². The van der Waals surface area contributed by atoms with E-state index in [1.807, 2.05) is 37.3 Å². The first-order chi connectivity index (χ1) is 12.3. The van der Waals surface area contributed by atoms with Gasteiger partial charge in [-0.25, -0.2) is 0 Å². The molecule has 25 heavy (non-hydrogen) atoms. The van der Waals surface area contributed by atoms with Crippen LogP contribution in [-0.4, -0.2) is 31.2 Å². The standard InChI is InChI=1S/C19H21N5O/c1-15-21-22-19-13-23(10-11-24(15)19)12-16-5-7-18(8-6-16)25-14-17-4-2-3-9-20-17/h2-9H,10-14H2,1H3. The van der Waals surface area contributed by atoms with Gasteiger partial charge in [0.25, 0.3) is 0 Å². The number of fused-ring (bicyclic) bond motifs is 1. The molecular formula is C19H21N5O. The molecule has 6 nitrogen and oxygen atoms in total. The van der Waals surface area contributed by atoms with Gasteiger partial charge in [0.15, 0.2) is 0 Å². The molecule has 0 bridgehead atoms. The summed E-state index contributed by atoms with van der Waals surface area (Å²) in [5.41, 5.74) is 2.20. The highest BCUT2D eigenvalue weighted by molar-refractivity contribution is 5.27. The second-order valence-electron chi connectivity index (χ2n) is 6.28. The summed E-state index contributed by atoms with van der Waals surface area (Å²) < 4.78 is 7.99. The molecule has 0 fully saturated rings. The minimum Gasteiger partial charge on any atom is -0.487 e. The second kappa shape index (κ2) is 7.03. The zero-order chi connectivity index (χ0) is 17.1. The van der Waals surface area contributed by atoms with Gasteiger partial charge in [0.05, 0.1) is 12.2 Å². The smallest absolute Gasteiger partial charge is 0.147 e. The van der Waals surface area contributed by atoms with Crippen LogP contribution in [0.5, 0.6) is 5.75 Å². The maximum absolute atomic E-state index is 5.79. The van der Waals surface area contributed by atoms with E-state index in [2.05, 4.69) is 36.8 Å². The number of hydrogen-bond donors (Lipinski definition) is 0. The molecule has 0 unspecified atom stereocenters. The average molecular weight is 335 g/mol. The van der Waals surface area contributed by atoms with Crippen LogP contribution in [0.2, 0.25) is 0 Å². The number of benzene rings is 1. The summed E-state index contributed by atoms with van der Waals surface area (Å²) in [5, 5.41) is 8.42. The largest absolute Gasteiger partial charge is 0.487 e. The first kappa shape index (κ1) is 15.8. The molecule has 128 valence electrons. The third kappa shape index (κ3) is 3.69. The molecule has 3 heterocycles. The lowest BCUT2D eigenvalue weighted by molar-refractivity contribution is 0.207. The first-order valence-corrected chi connectivity index (χ1v) is 8.50. The molecule has 1 aromatic carbocycles. The molecule has 0 aliphatic carbocycles. The van der Waals surface area contributed by atoms with Gasteiger partial charge < -0.3 is 9.30 Å². The third-order valence-corrected chi connectivity index (χ3v) is 4.46. The molecule has 0 saturated heterocycles. The summed E-state index contributed by atoms with van der Waals surface area (Å²) >= 11 is 0. The van der Waals surface area contributed by atoms with Gasteiger partial charge in [-0.3, -0.25) is 9.88 Å². The van der Waals surface area contributed by atoms with Crippen molar-refractivity contribution in [2.75, 3.05) is 6.54 Å². The van der Waals surface area contributed by atoms with Gasteiger partial charge >= 0.3 is 0 Å². The topological polar surface area (TPSA) is 56.1 Å². The van der Waals surface area contributed by atoms with Crippen LogP contribution in [0.25, 0.3) is 0 Å². The summed E-state index contributed by atoms with van der Waals surface area (Å²) in [5.74, 6) is 2.92. The lowest BCUT2D eigenvalue weighted by Crippen LogP contribution is -2.33. The highest BCUT2D eigenvalue weighted by Crippen LogP contribution is 2.18. The molecule has 6 heteroatoms. The highest BCUT2D eigenvalue weighted by Gasteiger charge is 2.19. The molecule has 4 rings (SSSR count). The first-order valence-electron chi connectivity index (χ1n) is 8.50. The Labute approximate surface area is 147 Å². The molecule has 0 amide bonds. The molecule has 0 saturated carbocycles. The maximum atomic E-state index is 5.79. The minimum atomic E-state index is 0.487. The molecule has 3 aromatic rings. The Balaban J connectivity index is 1.33. The van der Waals surface area contributed by atoms with Gasteiger partial charge in [-0.05, 0) is 36.8 Å². The lowest BCUT2D eigenvalue weighted by Gasteiger charge is -2.27. The molecule has 1 aliphatic rings. The number of aromatic nitrogens is 4. The predicted octanol–water partition coefficient (Wildman–Crippen LogP) is 2.58. The maximum Gasteiger partial charge on any atom is 0.147 e. The van der Waals surface area contributed by atoms with Crippen LogP contribution < -0.4 is 4.74 Å². The molecule has 0 atom stereocenters. The molecular weight excluding hydrogens is 314 g/mol. The van der Waals surface area contributed by atoms with E-state index in [1.54, 1.807) is 6.20 Å². The number of aryl methyl sites for hydroxylation is 1. The van der Waals surface area contributed by atoms with Gasteiger partial charge in [0.2, 0.25) is 0 Å². The van der Waals surface area contributed by atoms with Crippen LogP contribution in [0.3, 0.4) is 0 Å². The van der Waals surface area contributed by atoms with E-state index in [1.165, 1.54) is 5.56 Å². The zero-order valence-electron chi connectivity index (χ0n) is 14.3. The monoisotopic (exact) mass is 335 g/mol. The Kier molecular flexibility index (Phi) is 4.43. The van der Waals surface area contributed by atoms with Crippen molar-refractivity contribution in [1.82, 2.24) is 24.6 Å². The fourth-order valence-electron chi connectivity index (χ4n) is 3.08. The van der Waals surface area contributed by atoms with Crippen LogP contribution >= 0.6 is 0 Å². The van der Waals surface area contributed by atoms with E-state index < -0.39 is 0 Å². The molecule has 1 aliphatic heterocycles. The minimum absolute atomic E-state index is 0.487. The SMILES string of the molecule is Cc1nnc2n1CCN(Cc1ccc(OCc3ccccn3)cc1)C2. The van der Waals surface area contributed by atoms with E-state index in [0.29, 0.717) is 6.61 Å². The molecule has 2 aromatic heterocycles. The Hall–Kier alpha value is -2.73. The van der Waals surface area contributed by atoms with Gasteiger partial charge in [-0.15, -0.1) is 10.2 Å². The number of ether oxygens (including phenoxy) is 1. The van der Waals surface area contributed by atoms with Crippen LogP contribution in [-0.2, 0) is 26.2 Å². The molecule has 0 N–H and O–H groups in total. The third-order valence-electron chi connectivity index (χ3n) is 4.46. The van der Waals surface area contributed by atoms with E-state index in [0.717, 1.165) is 49.3 Å². The van der Waals surface area contributed by atoms with Crippen molar-refractivity contribution in [3.63, 3.8) is 0 Å². The van der Waals surface area contributed by atoms with Gasteiger partial charge in [0, 0.05) is 25.8 Å². The number of pyridine rings is 1. The predicted molar refractivity (Wildman–Crippen MR) is 93.9 cm³/mol. The molecule has 0 spiro atoms. The fourth-order valence-corrected chi connectivity index (χ4v) is 3.08. The molecule has 0 radical (unpaired) electrons. The van der Waals surface area contributed by atoms with E-state index >= 15 is 0 Å². The van der Waals surface area contributed by atoms with E-state index in [4.69, 9.17) is 4.74 Å². The summed E-state index contributed by atoms with van der Waals surface area (Å²) in [4.78, 5) is 6.66. The average Bonchev–Trinajstić information content (AvgIpc) is 3.02. The zero-order valence-corrected chi connectivity index (χ0v) is 14.3. The van der Waals surface area contributed by atoms with Gasteiger partial charge in [-0.1, -0.05) is 18.2 Å². The summed E-state index contributed by atoms with van der Waals surface area (Å²) in [7, 11) is 0. The Bertz CT molecular complexity index is 829. The van der Waals surface area contributed by atoms with Gasteiger partial charge in [-0.2, -0.15) is 0 Å².